The van der Waals surface area contributed by atoms with Crippen LogP contribution >= 0.6 is 0 Å². The summed E-state index contributed by atoms with van der Waals surface area (Å²) in [5.41, 5.74) is 3.63. The normalized spacial score (nSPS) is 18.3. The molecule has 4 aliphatic heterocycles. The largest absolute Gasteiger partial charge is 0.390 e. The van der Waals surface area contributed by atoms with E-state index >= 15 is 0 Å². The van der Waals surface area contributed by atoms with Gasteiger partial charge in [0.1, 0.15) is 23.9 Å². The quantitative estimate of drug-likeness (QED) is 0.0713. The van der Waals surface area contributed by atoms with E-state index in [9.17, 15) is 33.9 Å². The van der Waals surface area contributed by atoms with Crippen LogP contribution in [0.2, 0.25) is 0 Å². The first-order valence-electron chi connectivity index (χ1n) is 20.6. The van der Waals surface area contributed by atoms with E-state index in [-0.39, 0.29) is 61.2 Å². The Kier molecular flexibility index (Phi) is 14.6. The van der Waals surface area contributed by atoms with Gasteiger partial charge in [-0.05, 0) is 36.1 Å². The maximum atomic E-state index is 13.2. The highest BCUT2D eigenvalue weighted by Crippen LogP contribution is 2.32. The second kappa shape index (κ2) is 20.6. The number of imide groups is 2. The second-order valence-electron chi connectivity index (χ2n) is 15.2. The number of β-amino-alcohol motifs (C(OH)–C–C–N with tert-alkyl or cyclic N) is 1. The van der Waals surface area contributed by atoms with Crippen LogP contribution in [0.4, 0.5) is 11.5 Å². The first-order chi connectivity index (χ1) is 29.6. The van der Waals surface area contributed by atoms with Crippen molar-refractivity contribution in [2.75, 3.05) is 89.5 Å². The number of carbonyl (C=O) groups is 6. The number of rotatable bonds is 21. The van der Waals surface area contributed by atoms with Gasteiger partial charge in [0, 0.05) is 64.0 Å². The molecule has 0 spiro atoms. The Bertz CT molecular complexity index is 2100. The van der Waals surface area contributed by atoms with E-state index in [1.165, 1.54) is 23.5 Å². The third-order valence-corrected chi connectivity index (χ3v) is 10.9. The molecule has 6 amide bonds. The van der Waals surface area contributed by atoms with Crippen LogP contribution < -0.4 is 21.3 Å². The summed E-state index contributed by atoms with van der Waals surface area (Å²) in [4.78, 5) is 88.6. The van der Waals surface area contributed by atoms with Crippen LogP contribution in [-0.4, -0.2) is 162 Å². The Balaban J connectivity index is 0.694. The SMILES string of the molecule is O=C1CCC(N2C(=O)c3cccc(NCCOCCOCCOCCC(=O)N4CC(Nc5cc(C(=O)NC[C@H](O)CN6CCc7ccccc7C6)ncn5)C4)c3C2=O)C(=O)N1. The molecule has 5 heterocycles. The lowest BCUT2D eigenvalue weighted by molar-refractivity contribution is -0.137. The number of aliphatic hydroxyl groups is 1. The van der Waals surface area contributed by atoms with E-state index in [1.807, 2.05) is 12.1 Å². The third-order valence-electron chi connectivity index (χ3n) is 10.9. The zero-order chi connectivity index (χ0) is 42.7. The highest BCUT2D eigenvalue weighted by Gasteiger charge is 2.45. The average molecular weight is 842 g/mol. The predicted octanol–water partition coefficient (Wildman–Crippen LogP) is 0.202. The minimum atomic E-state index is -1.03. The first kappa shape index (κ1) is 43.2. The summed E-state index contributed by atoms with van der Waals surface area (Å²) in [7, 11) is 0. The molecule has 4 aliphatic rings. The van der Waals surface area contributed by atoms with Crippen molar-refractivity contribution in [3.63, 3.8) is 0 Å². The number of ether oxygens (including phenoxy) is 3. The molecule has 7 rings (SSSR count). The van der Waals surface area contributed by atoms with Crippen LogP contribution in [0.25, 0.3) is 0 Å². The fraction of sp³-hybridized carbons (Fsp3) is 0.476. The summed E-state index contributed by atoms with van der Waals surface area (Å²) in [6.45, 7) is 5.37. The molecule has 1 aromatic heterocycles. The minimum Gasteiger partial charge on any atom is -0.390 e. The molecule has 19 nitrogen and oxygen atoms in total. The predicted molar refractivity (Wildman–Crippen MR) is 218 cm³/mol. The highest BCUT2D eigenvalue weighted by atomic mass is 16.5. The number of benzene rings is 2. The van der Waals surface area contributed by atoms with Crippen LogP contribution in [0.3, 0.4) is 0 Å². The van der Waals surface area contributed by atoms with Gasteiger partial charge in [-0.2, -0.15) is 0 Å². The molecule has 324 valence electrons. The van der Waals surface area contributed by atoms with Crippen molar-refractivity contribution in [3.8, 4) is 0 Å². The van der Waals surface area contributed by atoms with Crippen LogP contribution in [0.15, 0.2) is 54.9 Å². The molecule has 5 N–H and O–H groups in total. The van der Waals surface area contributed by atoms with E-state index in [2.05, 4.69) is 48.3 Å². The lowest BCUT2D eigenvalue weighted by Gasteiger charge is -2.39. The van der Waals surface area contributed by atoms with Crippen LogP contribution in [0, 0.1) is 0 Å². The number of anilines is 2. The third kappa shape index (κ3) is 11.1. The Morgan fingerprint density at radius 2 is 1.64 bits per heavy atom. The first-order valence-corrected chi connectivity index (χ1v) is 20.6. The molecule has 0 radical (unpaired) electrons. The van der Waals surface area contributed by atoms with Gasteiger partial charge >= 0.3 is 0 Å². The maximum absolute atomic E-state index is 13.2. The van der Waals surface area contributed by atoms with E-state index in [0.29, 0.717) is 70.7 Å². The van der Waals surface area contributed by atoms with Gasteiger partial charge in [-0.25, -0.2) is 9.97 Å². The number of nitrogens with zero attached hydrogens (tertiary/aromatic N) is 5. The topological polar surface area (TPSA) is 234 Å². The minimum absolute atomic E-state index is 0.0228. The van der Waals surface area contributed by atoms with Crippen molar-refractivity contribution >= 4 is 46.9 Å². The number of fused-ring (bicyclic) bond motifs is 2. The summed E-state index contributed by atoms with van der Waals surface area (Å²) in [6.07, 6.45) is 1.89. The Morgan fingerprint density at radius 3 is 2.43 bits per heavy atom. The van der Waals surface area contributed by atoms with Gasteiger partial charge in [0.15, 0.2) is 0 Å². The number of hydrogen-bond acceptors (Lipinski definition) is 15. The fourth-order valence-corrected chi connectivity index (χ4v) is 7.70. The number of likely N-dealkylation sites (tertiary alicyclic amines) is 1. The molecule has 0 aliphatic carbocycles. The standard InChI is InChI=1S/C42H51N9O10/c52-30(25-49-13-10-27-4-1-2-5-28(27)22-49)21-44-39(55)33-20-35(46-26-45-33)47-29-23-50(24-29)37(54)11-14-59-16-18-61-19-17-60-15-12-43-32-7-3-6-31-38(32)42(58)51(41(31)57)34-8-9-36(53)48-40(34)56/h1-7,20,26,29-30,34,43,52H,8-19,21-25H2,(H,44,55)(H,45,46,47)(H,48,53,56)/t30-,34?/m0/s1. The number of amides is 6. The van der Waals surface area contributed by atoms with Gasteiger partial charge in [-0.15, -0.1) is 0 Å². The average Bonchev–Trinajstić information content (AvgIpc) is 3.50. The molecule has 2 atom stereocenters. The zero-order valence-electron chi connectivity index (χ0n) is 33.8. The highest BCUT2D eigenvalue weighted by molar-refractivity contribution is 6.25. The van der Waals surface area contributed by atoms with Crippen molar-refractivity contribution in [1.82, 2.24) is 35.3 Å². The zero-order valence-corrected chi connectivity index (χ0v) is 33.8. The Labute approximate surface area is 352 Å². The van der Waals surface area contributed by atoms with E-state index < -0.39 is 41.7 Å². The molecule has 2 aromatic carbocycles. The molecule has 3 aromatic rings. The molecule has 1 unspecified atom stereocenters. The van der Waals surface area contributed by atoms with Crippen LogP contribution in [0.1, 0.15) is 61.6 Å². The van der Waals surface area contributed by atoms with Crippen molar-refractivity contribution in [3.05, 3.63) is 82.8 Å². The molecule has 0 bridgehead atoms. The van der Waals surface area contributed by atoms with E-state index in [4.69, 9.17) is 14.2 Å². The summed E-state index contributed by atoms with van der Waals surface area (Å²) < 4.78 is 16.7. The molecular weight excluding hydrogens is 791 g/mol. The molecular formula is C42H51N9O10. The van der Waals surface area contributed by atoms with Gasteiger partial charge in [0.05, 0.1) is 69.3 Å². The molecule has 19 heteroatoms. The van der Waals surface area contributed by atoms with E-state index in [1.54, 1.807) is 23.1 Å². The van der Waals surface area contributed by atoms with Gasteiger partial charge in [-0.1, -0.05) is 30.3 Å². The smallest absolute Gasteiger partial charge is 0.270 e. The monoisotopic (exact) mass is 841 g/mol. The summed E-state index contributed by atoms with van der Waals surface area (Å²) >= 11 is 0. The second-order valence-corrected chi connectivity index (χ2v) is 15.2. The van der Waals surface area contributed by atoms with E-state index in [0.717, 1.165) is 24.4 Å². The summed E-state index contributed by atoms with van der Waals surface area (Å²) in [5, 5.41) is 21.9. The number of hydrogen-bond donors (Lipinski definition) is 5. The van der Waals surface area contributed by atoms with Gasteiger partial charge in [0.2, 0.25) is 17.7 Å². The van der Waals surface area contributed by atoms with Crippen LogP contribution in [-0.2, 0) is 41.6 Å². The molecule has 2 saturated heterocycles. The summed E-state index contributed by atoms with van der Waals surface area (Å²) in [5.74, 6) is -2.19. The molecule has 61 heavy (non-hydrogen) atoms. The maximum Gasteiger partial charge on any atom is 0.270 e. The number of aliphatic hydroxyl groups excluding tert-OH is 1. The van der Waals surface area contributed by atoms with Gasteiger partial charge in [-0.3, -0.25) is 43.9 Å². The van der Waals surface area contributed by atoms with Crippen LogP contribution in [0.5, 0.6) is 0 Å². The van der Waals surface area contributed by atoms with Gasteiger partial charge in [0.25, 0.3) is 17.7 Å². The lowest BCUT2D eigenvalue weighted by atomic mass is 10.00. The number of aromatic nitrogens is 2. The van der Waals surface area contributed by atoms with Crippen molar-refractivity contribution in [1.29, 1.82) is 0 Å². The molecule has 2 fully saturated rings. The van der Waals surface area contributed by atoms with Crippen molar-refractivity contribution in [2.24, 2.45) is 0 Å². The number of piperidine rings is 1. The number of nitrogens with one attached hydrogen (secondary N) is 4. The van der Waals surface area contributed by atoms with Gasteiger partial charge < -0.3 is 40.2 Å². The Hall–Kier alpha value is -5.86. The Morgan fingerprint density at radius 1 is 0.885 bits per heavy atom. The van der Waals surface area contributed by atoms with Crippen molar-refractivity contribution in [2.45, 2.75) is 50.4 Å². The molecule has 0 saturated carbocycles. The number of carbonyl (C=O) groups excluding carboxylic acids is 6. The lowest BCUT2D eigenvalue weighted by Crippen LogP contribution is -2.57. The van der Waals surface area contributed by atoms with Crippen molar-refractivity contribution < 1.29 is 48.1 Å². The fourth-order valence-electron chi connectivity index (χ4n) is 7.70. The summed E-state index contributed by atoms with van der Waals surface area (Å²) in [6, 6.07) is 13.7.